The maximum Gasteiger partial charge on any atom is 0.412 e. The van der Waals surface area contributed by atoms with E-state index in [0.29, 0.717) is 11.3 Å². The van der Waals surface area contributed by atoms with Gasteiger partial charge in [-0.25, -0.2) is 10.3 Å². The minimum absolute atomic E-state index is 0.0336. The lowest BCUT2D eigenvalue weighted by Crippen LogP contribution is -2.22. The molecule has 7 nitrogen and oxygen atoms in total. The molecule has 9 heteroatoms. The first-order valence-corrected chi connectivity index (χ1v) is 10.0. The Labute approximate surface area is 184 Å². The van der Waals surface area contributed by atoms with Gasteiger partial charge in [0.2, 0.25) is 0 Å². The molecule has 0 aliphatic carbocycles. The summed E-state index contributed by atoms with van der Waals surface area (Å²) in [4.78, 5) is 23.7. The number of aromatic hydroxyl groups is 1. The van der Waals surface area contributed by atoms with Crippen molar-refractivity contribution in [3.05, 3.63) is 68.2 Å². The number of phenolic OH excluding ortho intramolecular Hbond substituents is 1. The maximum absolute atomic E-state index is 12.4. The molecule has 0 radical (unpaired) electrons. The zero-order valence-corrected chi connectivity index (χ0v) is 18.5. The molecule has 148 valence electrons. The number of ether oxygens (including phenoxy) is 1. The molecule has 0 fully saturated rings. The molecule has 4 N–H and O–H groups in total. The fourth-order valence-electron chi connectivity index (χ4n) is 2.38. The molecule has 0 aliphatic rings. The number of carbonyl (C=O) groups is 2. The summed E-state index contributed by atoms with van der Waals surface area (Å²) in [6, 6.07) is 11.9. The summed E-state index contributed by atoms with van der Waals surface area (Å²) in [6.45, 7) is 1.72. The predicted molar refractivity (Wildman–Crippen MR) is 116 cm³/mol. The van der Waals surface area contributed by atoms with Crippen molar-refractivity contribution in [3.8, 4) is 5.75 Å². The molecular formula is C19H18BrIN2O5. The molecule has 0 bridgehead atoms. The predicted octanol–water partition coefficient (Wildman–Crippen LogP) is 4.75. The van der Waals surface area contributed by atoms with Crippen molar-refractivity contribution in [1.82, 2.24) is 5.48 Å². The fraction of sp³-hybridized carbons (Fsp3) is 0.158. The fourth-order valence-corrected chi connectivity index (χ4v) is 3.16. The number of phenols is 1. The topological polar surface area (TPSA) is 108 Å². The third-order valence-corrected chi connectivity index (χ3v) is 4.96. The lowest BCUT2D eigenvalue weighted by atomic mass is 9.96. The van der Waals surface area contributed by atoms with E-state index in [0.717, 1.165) is 14.1 Å². The molecule has 2 aromatic rings. The molecule has 0 spiro atoms. The van der Waals surface area contributed by atoms with Gasteiger partial charge in [-0.05, 0) is 65.1 Å². The summed E-state index contributed by atoms with van der Waals surface area (Å²) >= 11 is 5.41. The first-order chi connectivity index (χ1) is 13.3. The van der Waals surface area contributed by atoms with Gasteiger partial charge < -0.3 is 9.84 Å². The van der Waals surface area contributed by atoms with Crippen LogP contribution in [0.15, 0.2) is 59.1 Å². The van der Waals surface area contributed by atoms with Crippen LogP contribution in [0.25, 0.3) is 0 Å². The molecule has 0 aliphatic heterocycles. The van der Waals surface area contributed by atoms with Crippen molar-refractivity contribution in [2.75, 3.05) is 5.32 Å². The lowest BCUT2D eigenvalue weighted by Gasteiger charge is -2.23. The number of carbonyl (C=O) groups excluding carboxylic acids is 2. The van der Waals surface area contributed by atoms with Gasteiger partial charge in [-0.15, -0.1) is 0 Å². The van der Waals surface area contributed by atoms with E-state index in [1.165, 1.54) is 17.6 Å². The normalized spacial score (nSPS) is 13.0. The second-order valence-corrected chi connectivity index (χ2v) is 8.02. The SMILES string of the molecule is C[C@@H](/C=C/C(=O)NO)[C@@H](OC(=O)Nc1ccc(Br)cc1)c1cc(I)ccc1O. The van der Waals surface area contributed by atoms with E-state index < -0.39 is 24.0 Å². The summed E-state index contributed by atoms with van der Waals surface area (Å²) in [5.74, 6) is -1.22. The van der Waals surface area contributed by atoms with Crippen molar-refractivity contribution < 1.29 is 24.6 Å². The highest BCUT2D eigenvalue weighted by atomic mass is 127. The first kappa shape index (κ1) is 22.2. The molecule has 0 aromatic heterocycles. The molecule has 28 heavy (non-hydrogen) atoms. The standard InChI is InChI=1S/C19H18BrIN2O5/c1-11(2-9-17(25)23-27)18(15-10-13(21)5-8-16(15)24)28-19(26)22-14-6-3-12(20)4-7-14/h2-11,18,24,27H,1H3,(H,22,26)(H,23,25)/b9-2+/t11-,18+/m0/s1. The van der Waals surface area contributed by atoms with Crippen molar-refractivity contribution >= 4 is 56.2 Å². The molecule has 2 amide bonds. The van der Waals surface area contributed by atoms with E-state index in [1.807, 2.05) is 0 Å². The zero-order chi connectivity index (χ0) is 20.7. The minimum Gasteiger partial charge on any atom is -0.508 e. The number of rotatable bonds is 6. The molecule has 0 unspecified atom stereocenters. The number of benzene rings is 2. The average molecular weight is 561 g/mol. The Morgan fingerprint density at radius 1 is 1.21 bits per heavy atom. The quantitative estimate of drug-likeness (QED) is 0.176. The van der Waals surface area contributed by atoms with Crippen LogP contribution in [0.1, 0.15) is 18.6 Å². The smallest absolute Gasteiger partial charge is 0.412 e. The van der Waals surface area contributed by atoms with Gasteiger partial charge in [-0.1, -0.05) is 28.9 Å². The van der Waals surface area contributed by atoms with Crippen molar-refractivity contribution in [2.24, 2.45) is 5.92 Å². The highest BCUT2D eigenvalue weighted by Crippen LogP contribution is 2.34. The van der Waals surface area contributed by atoms with Crippen molar-refractivity contribution in [1.29, 1.82) is 0 Å². The van der Waals surface area contributed by atoms with E-state index in [-0.39, 0.29) is 5.75 Å². The van der Waals surface area contributed by atoms with Crippen LogP contribution < -0.4 is 10.8 Å². The van der Waals surface area contributed by atoms with Crippen LogP contribution in [-0.4, -0.2) is 22.3 Å². The van der Waals surface area contributed by atoms with Gasteiger partial charge in [-0.2, -0.15) is 0 Å². The van der Waals surface area contributed by atoms with Crippen LogP contribution in [0, 0.1) is 9.49 Å². The van der Waals surface area contributed by atoms with Crippen LogP contribution in [0.4, 0.5) is 10.5 Å². The Morgan fingerprint density at radius 3 is 2.54 bits per heavy atom. The Morgan fingerprint density at radius 2 is 1.89 bits per heavy atom. The number of amides is 2. The first-order valence-electron chi connectivity index (χ1n) is 8.14. The van der Waals surface area contributed by atoms with Crippen molar-refractivity contribution in [3.63, 3.8) is 0 Å². The van der Waals surface area contributed by atoms with Crippen LogP contribution >= 0.6 is 38.5 Å². The molecule has 2 atom stereocenters. The van der Waals surface area contributed by atoms with E-state index in [1.54, 1.807) is 43.3 Å². The Balaban J connectivity index is 2.25. The monoisotopic (exact) mass is 560 g/mol. The van der Waals surface area contributed by atoms with E-state index in [4.69, 9.17) is 9.94 Å². The van der Waals surface area contributed by atoms with E-state index in [2.05, 4.69) is 43.8 Å². The molecule has 0 saturated heterocycles. The number of hydroxylamine groups is 1. The van der Waals surface area contributed by atoms with Crippen molar-refractivity contribution in [2.45, 2.75) is 13.0 Å². The molecular weight excluding hydrogens is 543 g/mol. The summed E-state index contributed by atoms with van der Waals surface area (Å²) in [6.07, 6.45) is 1.02. The van der Waals surface area contributed by atoms with Gasteiger partial charge in [0.05, 0.1) is 0 Å². The summed E-state index contributed by atoms with van der Waals surface area (Å²) < 4.78 is 7.28. The minimum atomic E-state index is -0.868. The van der Waals surface area contributed by atoms with E-state index >= 15 is 0 Å². The second-order valence-electron chi connectivity index (χ2n) is 5.86. The Bertz CT molecular complexity index is 873. The number of halogens is 2. The van der Waals surface area contributed by atoms with E-state index in [9.17, 15) is 14.7 Å². The molecule has 2 rings (SSSR count). The number of anilines is 1. The van der Waals surface area contributed by atoms with Crippen LogP contribution in [0.5, 0.6) is 5.75 Å². The molecule has 0 saturated carbocycles. The van der Waals surface area contributed by atoms with Gasteiger partial charge in [-0.3, -0.25) is 15.3 Å². The van der Waals surface area contributed by atoms with Gasteiger partial charge in [0.25, 0.3) is 5.91 Å². The Kier molecular flexibility index (Phi) is 8.27. The highest BCUT2D eigenvalue weighted by molar-refractivity contribution is 14.1. The van der Waals surface area contributed by atoms with Gasteiger partial charge >= 0.3 is 6.09 Å². The molecule has 0 heterocycles. The third-order valence-electron chi connectivity index (χ3n) is 3.76. The summed E-state index contributed by atoms with van der Waals surface area (Å²) in [5, 5.41) is 21.5. The summed E-state index contributed by atoms with van der Waals surface area (Å²) in [7, 11) is 0. The second kappa shape index (κ2) is 10.4. The lowest BCUT2D eigenvalue weighted by molar-refractivity contribution is -0.124. The highest BCUT2D eigenvalue weighted by Gasteiger charge is 2.25. The molecule has 2 aromatic carbocycles. The largest absolute Gasteiger partial charge is 0.508 e. The van der Waals surface area contributed by atoms with Crippen LogP contribution in [0.3, 0.4) is 0 Å². The maximum atomic E-state index is 12.4. The van der Waals surface area contributed by atoms with Gasteiger partial charge in [0, 0.05) is 31.3 Å². The Hall–Kier alpha value is -2.11. The number of hydrogen-bond donors (Lipinski definition) is 4. The van der Waals surface area contributed by atoms with Crippen LogP contribution in [-0.2, 0) is 9.53 Å². The summed E-state index contributed by atoms with van der Waals surface area (Å²) in [5.41, 5.74) is 2.44. The average Bonchev–Trinajstić information content (AvgIpc) is 2.67. The van der Waals surface area contributed by atoms with Crippen LogP contribution in [0.2, 0.25) is 0 Å². The zero-order valence-electron chi connectivity index (χ0n) is 14.7. The number of hydrogen-bond acceptors (Lipinski definition) is 5. The van der Waals surface area contributed by atoms with Gasteiger partial charge in [0.1, 0.15) is 11.9 Å². The van der Waals surface area contributed by atoms with Gasteiger partial charge in [0.15, 0.2) is 0 Å². The number of nitrogens with one attached hydrogen (secondary N) is 2. The third kappa shape index (κ3) is 6.50.